The summed E-state index contributed by atoms with van der Waals surface area (Å²) in [5.41, 5.74) is 6.19. The Hall–Kier alpha value is -0.120. The van der Waals surface area contributed by atoms with Crippen LogP contribution in [0.25, 0.3) is 0 Å². The SMILES string of the molecule is CC1(CN)CCN(CCCC2CCCO2)C1. The highest BCUT2D eigenvalue weighted by atomic mass is 16.5. The summed E-state index contributed by atoms with van der Waals surface area (Å²) in [5, 5.41) is 0. The molecule has 2 unspecified atom stereocenters. The summed E-state index contributed by atoms with van der Waals surface area (Å²) in [4.78, 5) is 2.57. The van der Waals surface area contributed by atoms with E-state index in [4.69, 9.17) is 10.5 Å². The van der Waals surface area contributed by atoms with Crippen molar-refractivity contribution < 1.29 is 4.74 Å². The summed E-state index contributed by atoms with van der Waals surface area (Å²) < 4.78 is 5.64. The van der Waals surface area contributed by atoms with Crippen molar-refractivity contribution in [3.8, 4) is 0 Å². The molecule has 0 aromatic carbocycles. The number of likely N-dealkylation sites (tertiary alicyclic amines) is 1. The van der Waals surface area contributed by atoms with Crippen molar-refractivity contribution in [1.29, 1.82) is 0 Å². The van der Waals surface area contributed by atoms with Gasteiger partial charge < -0.3 is 15.4 Å². The van der Waals surface area contributed by atoms with Gasteiger partial charge in [-0.15, -0.1) is 0 Å². The van der Waals surface area contributed by atoms with Crippen LogP contribution in [-0.2, 0) is 4.74 Å². The number of rotatable bonds is 5. The quantitative estimate of drug-likeness (QED) is 0.774. The van der Waals surface area contributed by atoms with Crippen molar-refractivity contribution in [1.82, 2.24) is 4.90 Å². The molecule has 94 valence electrons. The fourth-order valence-electron chi connectivity index (χ4n) is 2.90. The number of hydrogen-bond donors (Lipinski definition) is 1. The molecule has 2 aliphatic heterocycles. The van der Waals surface area contributed by atoms with Crippen molar-refractivity contribution in [3.63, 3.8) is 0 Å². The molecule has 0 saturated carbocycles. The molecule has 0 spiro atoms. The molecular weight excluding hydrogens is 200 g/mol. The minimum Gasteiger partial charge on any atom is -0.378 e. The standard InChI is InChI=1S/C13H26N2O/c1-13(10-14)6-8-15(11-13)7-2-4-12-5-3-9-16-12/h12H,2-11,14H2,1H3. The molecule has 16 heavy (non-hydrogen) atoms. The molecule has 0 bridgehead atoms. The van der Waals surface area contributed by atoms with Crippen LogP contribution in [0.2, 0.25) is 0 Å². The van der Waals surface area contributed by atoms with E-state index in [1.165, 1.54) is 51.7 Å². The second-order valence-corrected chi connectivity index (χ2v) is 5.82. The predicted molar refractivity (Wildman–Crippen MR) is 66.4 cm³/mol. The lowest BCUT2D eigenvalue weighted by molar-refractivity contribution is 0.0993. The molecule has 0 amide bonds. The lowest BCUT2D eigenvalue weighted by Gasteiger charge is -2.22. The Morgan fingerprint density at radius 2 is 2.38 bits per heavy atom. The van der Waals surface area contributed by atoms with E-state index in [-0.39, 0.29) is 0 Å². The van der Waals surface area contributed by atoms with E-state index in [0.29, 0.717) is 11.5 Å². The van der Waals surface area contributed by atoms with E-state index in [0.717, 1.165) is 13.2 Å². The molecule has 2 fully saturated rings. The lowest BCUT2D eigenvalue weighted by atomic mass is 9.90. The maximum Gasteiger partial charge on any atom is 0.0576 e. The van der Waals surface area contributed by atoms with Gasteiger partial charge in [-0.25, -0.2) is 0 Å². The van der Waals surface area contributed by atoms with Crippen LogP contribution in [0.15, 0.2) is 0 Å². The van der Waals surface area contributed by atoms with E-state index in [9.17, 15) is 0 Å². The molecule has 3 heteroatoms. The second-order valence-electron chi connectivity index (χ2n) is 5.82. The summed E-state index contributed by atoms with van der Waals surface area (Å²) in [6.45, 7) is 7.78. The zero-order valence-electron chi connectivity index (χ0n) is 10.6. The van der Waals surface area contributed by atoms with Crippen LogP contribution < -0.4 is 5.73 Å². The number of ether oxygens (including phenoxy) is 1. The molecule has 0 aromatic heterocycles. The Balaban J connectivity index is 1.60. The molecule has 0 aromatic rings. The maximum absolute atomic E-state index is 5.81. The zero-order valence-corrected chi connectivity index (χ0v) is 10.6. The molecule has 2 aliphatic rings. The molecule has 2 saturated heterocycles. The van der Waals surface area contributed by atoms with Gasteiger partial charge in [-0.2, -0.15) is 0 Å². The van der Waals surface area contributed by atoms with Gasteiger partial charge in [0.05, 0.1) is 6.10 Å². The molecule has 3 nitrogen and oxygen atoms in total. The summed E-state index contributed by atoms with van der Waals surface area (Å²) >= 11 is 0. The van der Waals surface area contributed by atoms with Crippen molar-refractivity contribution in [2.75, 3.05) is 32.8 Å². The van der Waals surface area contributed by atoms with Crippen molar-refractivity contribution >= 4 is 0 Å². The second kappa shape index (κ2) is 5.48. The summed E-state index contributed by atoms with van der Waals surface area (Å²) in [6.07, 6.45) is 6.90. The van der Waals surface area contributed by atoms with Crippen molar-refractivity contribution in [2.24, 2.45) is 11.1 Å². The normalized spacial score (nSPS) is 36.0. The molecule has 2 atom stereocenters. The zero-order chi connectivity index (χ0) is 11.4. The van der Waals surface area contributed by atoms with Gasteiger partial charge >= 0.3 is 0 Å². The minimum atomic E-state index is 0.379. The third kappa shape index (κ3) is 3.19. The number of nitrogens with zero attached hydrogens (tertiary/aromatic N) is 1. The molecule has 2 N–H and O–H groups in total. The summed E-state index contributed by atoms with van der Waals surface area (Å²) in [6, 6.07) is 0. The van der Waals surface area contributed by atoms with Gasteiger partial charge in [0, 0.05) is 13.2 Å². The Labute approximate surface area is 99.3 Å². The van der Waals surface area contributed by atoms with Gasteiger partial charge in [0.15, 0.2) is 0 Å². The maximum atomic E-state index is 5.81. The van der Waals surface area contributed by atoms with Crippen LogP contribution in [0.4, 0.5) is 0 Å². The van der Waals surface area contributed by atoms with Crippen LogP contribution in [-0.4, -0.2) is 43.8 Å². The Morgan fingerprint density at radius 1 is 1.50 bits per heavy atom. The van der Waals surface area contributed by atoms with E-state index in [1.807, 2.05) is 0 Å². The van der Waals surface area contributed by atoms with Gasteiger partial charge in [0.2, 0.25) is 0 Å². The van der Waals surface area contributed by atoms with Crippen LogP contribution >= 0.6 is 0 Å². The highest BCUT2D eigenvalue weighted by Gasteiger charge is 2.31. The molecular formula is C13H26N2O. The van der Waals surface area contributed by atoms with Crippen LogP contribution in [0.3, 0.4) is 0 Å². The fraction of sp³-hybridized carbons (Fsp3) is 1.00. The molecule has 2 heterocycles. The Kier molecular flexibility index (Phi) is 4.22. The Morgan fingerprint density at radius 3 is 3.00 bits per heavy atom. The largest absolute Gasteiger partial charge is 0.378 e. The van der Waals surface area contributed by atoms with Crippen LogP contribution in [0.1, 0.15) is 39.0 Å². The summed E-state index contributed by atoms with van der Waals surface area (Å²) in [5.74, 6) is 0. The van der Waals surface area contributed by atoms with Gasteiger partial charge in [-0.1, -0.05) is 6.92 Å². The third-order valence-corrected chi connectivity index (χ3v) is 4.15. The minimum absolute atomic E-state index is 0.379. The number of hydrogen-bond acceptors (Lipinski definition) is 3. The van der Waals surface area contributed by atoms with Crippen molar-refractivity contribution in [2.45, 2.75) is 45.1 Å². The third-order valence-electron chi connectivity index (χ3n) is 4.15. The van der Waals surface area contributed by atoms with E-state index >= 15 is 0 Å². The molecule has 0 radical (unpaired) electrons. The average Bonchev–Trinajstić information content (AvgIpc) is 2.90. The predicted octanol–water partition coefficient (Wildman–Crippen LogP) is 1.62. The molecule has 0 aliphatic carbocycles. The summed E-state index contributed by atoms with van der Waals surface area (Å²) in [7, 11) is 0. The van der Waals surface area contributed by atoms with Gasteiger partial charge in [0.25, 0.3) is 0 Å². The van der Waals surface area contributed by atoms with Gasteiger partial charge in [-0.05, 0) is 57.2 Å². The van der Waals surface area contributed by atoms with E-state index in [1.54, 1.807) is 0 Å². The Bertz CT molecular complexity index is 216. The van der Waals surface area contributed by atoms with Crippen LogP contribution in [0.5, 0.6) is 0 Å². The fourth-order valence-corrected chi connectivity index (χ4v) is 2.90. The molecule has 2 rings (SSSR count). The highest BCUT2D eigenvalue weighted by Crippen LogP contribution is 2.28. The first-order chi connectivity index (χ1) is 7.72. The van der Waals surface area contributed by atoms with Gasteiger partial charge in [0.1, 0.15) is 0 Å². The first kappa shape index (κ1) is 12.3. The van der Waals surface area contributed by atoms with E-state index < -0.39 is 0 Å². The highest BCUT2D eigenvalue weighted by molar-refractivity contribution is 4.86. The topological polar surface area (TPSA) is 38.5 Å². The van der Waals surface area contributed by atoms with Crippen LogP contribution in [0, 0.1) is 5.41 Å². The number of nitrogens with two attached hydrogens (primary N) is 1. The van der Waals surface area contributed by atoms with E-state index in [2.05, 4.69) is 11.8 Å². The average molecular weight is 226 g/mol. The first-order valence-corrected chi connectivity index (χ1v) is 6.76. The monoisotopic (exact) mass is 226 g/mol. The first-order valence-electron chi connectivity index (χ1n) is 6.76. The van der Waals surface area contributed by atoms with Gasteiger partial charge in [-0.3, -0.25) is 0 Å². The van der Waals surface area contributed by atoms with Crippen molar-refractivity contribution in [3.05, 3.63) is 0 Å². The smallest absolute Gasteiger partial charge is 0.0576 e. The lowest BCUT2D eigenvalue weighted by Crippen LogP contribution is -2.31.